The van der Waals surface area contributed by atoms with Gasteiger partial charge in [-0.05, 0) is 128 Å². The fourth-order valence-corrected chi connectivity index (χ4v) is 8.80. The molecule has 0 saturated carbocycles. The van der Waals surface area contributed by atoms with Gasteiger partial charge in [0.15, 0.2) is 6.10 Å². The Kier molecular flexibility index (Phi) is 62.5. The van der Waals surface area contributed by atoms with E-state index >= 15 is 0 Å². The molecule has 490 valence electrons. The van der Waals surface area contributed by atoms with Gasteiger partial charge in [-0.1, -0.05) is 274 Å². The monoisotopic (exact) mass is 1200 g/mol. The third-order valence-corrected chi connectivity index (χ3v) is 14.0. The van der Waals surface area contributed by atoms with Gasteiger partial charge in [0.25, 0.3) is 6.29 Å². The molecule has 87 heavy (non-hydrogen) atoms. The molecule has 1 N–H and O–H groups in total. The number of esters is 2. The van der Waals surface area contributed by atoms with Crippen molar-refractivity contribution >= 4 is 17.9 Å². The molecular weight excluding hydrogens is 1080 g/mol. The van der Waals surface area contributed by atoms with Crippen LogP contribution in [-0.4, -0.2) is 87.4 Å². The first-order valence-electron chi connectivity index (χ1n) is 34.3. The van der Waals surface area contributed by atoms with Gasteiger partial charge in [-0.3, -0.25) is 9.59 Å². The van der Waals surface area contributed by atoms with Gasteiger partial charge >= 0.3 is 17.9 Å². The van der Waals surface area contributed by atoms with Crippen LogP contribution in [0.3, 0.4) is 0 Å². The summed E-state index contributed by atoms with van der Waals surface area (Å²) in [5.74, 6) is -2.07. The maximum atomic E-state index is 12.9. The van der Waals surface area contributed by atoms with Gasteiger partial charge in [0.05, 0.1) is 34.4 Å². The average molecular weight is 1210 g/mol. The SMILES string of the molecule is CC/C=C\C/C=C\C/C=C\C/C=C\C/C=C\C/C=C\C/C=C\C/C=C\C/C=C\CCCCCC(=O)OC(COC(=O)CCCCCCCCCCCCCCCCC/C=C\C/C=C\C/C=C\C/C=C\C/C=C\CC)COC(OCC[N+](C)(C)C)C(=O)O. The third-order valence-electron chi connectivity index (χ3n) is 14.0. The minimum absolute atomic E-state index is 0.172. The normalized spacial score (nSPS) is 13.8. The second-order valence-corrected chi connectivity index (χ2v) is 23.4. The molecule has 0 saturated heterocycles. The number of hydrogen-bond donors (Lipinski definition) is 1. The number of aliphatic carboxylic acids is 1. The molecule has 0 heterocycles. The van der Waals surface area contributed by atoms with E-state index in [0.29, 0.717) is 17.4 Å². The molecule has 2 unspecified atom stereocenters. The van der Waals surface area contributed by atoms with Gasteiger partial charge < -0.3 is 28.5 Å². The summed E-state index contributed by atoms with van der Waals surface area (Å²) in [5, 5.41) is 9.74. The number of carbonyl (C=O) groups excluding carboxylic acids is 2. The lowest BCUT2D eigenvalue weighted by molar-refractivity contribution is -0.870. The van der Waals surface area contributed by atoms with Crippen LogP contribution in [0.25, 0.3) is 0 Å². The highest BCUT2D eigenvalue weighted by Gasteiger charge is 2.25. The summed E-state index contributed by atoms with van der Waals surface area (Å²) in [7, 11) is 5.95. The van der Waals surface area contributed by atoms with E-state index in [-0.39, 0.29) is 38.6 Å². The van der Waals surface area contributed by atoms with Gasteiger partial charge in [-0.25, -0.2) is 4.79 Å². The maximum absolute atomic E-state index is 12.9. The summed E-state index contributed by atoms with van der Waals surface area (Å²) in [6, 6.07) is 0. The summed E-state index contributed by atoms with van der Waals surface area (Å²) >= 11 is 0. The van der Waals surface area contributed by atoms with Gasteiger partial charge in [0, 0.05) is 12.8 Å². The highest BCUT2D eigenvalue weighted by molar-refractivity contribution is 5.71. The molecule has 0 aliphatic carbocycles. The fourth-order valence-electron chi connectivity index (χ4n) is 8.80. The van der Waals surface area contributed by atoms with E-state index in [1.807, 2.05) is 21.1 Å². The number of rotatable bonds is 61. The smallest absolute Gasteiger partial charge is 0.361 e. The van der Waals surface area contributed by atoms with Gasteiger partial charge in [0.2, 0.25) is 0 Å². The zero-order valence-electron chi connectivity index (χ0n) is 55.9. The van der Waals surface area contributed by atoms with Crippen LogP contribution in [0.15, 0.2) is 170 Å². The Morgan fingerprint density at radius 1 is 0.345 bits per heavy atom. The lowest BCUT2D eigenvalue weighted by atomic mass is 10.0. The number of unbranched alkanes of at least 4 members (excludes halogenated alkanes) is 18. The first-order chi connectivity index (χ1) is 42.6. The van der Waals surface area contributed by atoms with Crippen molar-refractivity contribution in [3.05, 3.63) is 170 Å². The van der Waals surface area contributed by atoms with Crippen LogP contribution in [0.2, 0.25) is 0 Å². The number of carboxylic acids is 1. The lowest BCUT2D eigenvalue weighted by Gasteiger charge is -2.25. The average Bonchev–Trinajstić information content (AvgIpc) is 3.56. The first-order valence-corrected chi connectivity index (χ1v) is 34.3. The van der Waals surface area contributed by atoms with Crippen molar-refractivity contribution in [2.45, 2.75) is 257 Å². The fraction of sp³-hybridized carbons (Fsp3) is 0.603. The van der Waals surface area contributed by atoms with E-state index in [2.05, 4.69) is 184 Å². The van der Waals surface area contributed by atoms with Crippen LogP contribution in [0.5, 0.6) is 0 Å². The van der Waals surface area contributed by atoms with Crippen molar-refractivity contribution in [1.82, 2.24) is 0 Å². The number of nitrogens with zero attached hydrogens (tertiary/aromatic N) is 1. The zero-order valence-corrected chi connectivity index (χ0v) is 55.9. The van der Waals surface area contributed by atoms with Crippen molar-refractivity contribution in [1.29, 1.82) is 0 Å². The summed E-state index contributed by atoms with van der Waals surface area (Å²) in [6.07, 6.45) is 97.4. The Morgan fingerprint density at radius 3 is 0.931 bits per heavy atom. The Bertz CT molecular complexity index is 2030. The topological polar surface area (TPSA) is 108 Å². The van der Waals surface area contributed by atoms with Crippen LogP contribution in [-0.2, 0) is 33.3 Å². The zero-order chi connectivity index (χ0) is 63.3. The number of carbonyl (C=O) groups is 3. The number of ether oxygens (including phenoxy) is 4. The molecule has 0 aromatic carbocycles. The van der Waals surface area contributed by atoms with Crippen molar-refractivity contribution in [3.8, 4) is 0 Å². The summed E-state index contributed by atoms with van der Waals surface area (Å²) in [5.41, 5.74) is 0. The summed E-state index contributed by atoms with van der Waals surface area (Å²) in [4.78, 5) is 37.6. The molecule has 0 radical (unpaired) electrons. The molecule has 9 heteroatoms. The molecule has 0 bridgehead atoms. The van der Waals surface area contributed by atoms with E-state index in [4.69, 9.17) is 18.9 Å². The number of allylic oxidation sites excluding steroid dienone is 28. The molecule has 0 amide bonds. The molecule has 2 atom stereocenters. The molecule has 0 fully saturated rings. The highest BCUT2D eigenvalue weighted by Crippen LogP contribution is 2.16. The molecule has 9 nitrogen and oxygen atoms in total. The van der Waals surface area contributed by atoms with Crippen molar-refractivity contribution in [2.24, 2.45) is 0 Å². The summed E-state index contributed by atoms with van der Waals surface area (Å²) in [6.45, 7) is 4.60. The standard InChI is InChI=1S/C78H125NO8/c1-6-8-10-12-14-16-18-20-22-24-26-28-30-32-34-36-38-40-42-44-46-48-50-52-54-56-58-60-62-64-66-68-75(80)85-72-74(73-86-78(77(82)83)84-71-70-79(3,4)5)87-76(81)69-67-65-63-61-59-57-55-53-51-49-47-45-43-41-39-37-35-33-31-29-27-25-23-21-19-17-15-13-11-9-7-2/h8-11,14-17,20-23,26-29,32-35,39,41,45,47,51,53,57,59,74,78H,6-7,12-13,18-19,24-25,30-31,36-38,40,42-44,46,48-50,52,54-56,58,60-73H2,1-5H3/p+1/b10-8-,11-9-,16-14-,17-15-,22-20-,23-21-,28-26-,29-27-,34-32-,35-33-,41-39-,47-45-,53-51-,59-57-. The molecule has 0 aliphatic heterocycles. The van der Waals surface area contributed by atoms with Gasteiger partial charge in [0.1, 0.15) is 13.2 Å². The van der Waals surface area contributed by atoms with E-state index in [0.717, 1.165) is 128 Å². The Labute approximate surface area is 533 Å². The van der Waals surface area contributed by atoms with E-state index in [9.17, 15) is 19.5 Å². The van der Waals surface area contributed by atoms with Crippen molar-refractivity contribution in [2.75, 3.05) is 47.5 Å². The molecule has 0 aromatic heterocycles. The minimum Gasteiger partial charge on any atom is -0.477 e. The minimum atomic E-state index is -1.53. The number of carboxylic acid groups (broad SMARTS) is 1. The Hall–Kier alpha value is -5.35. The third kappa shape index (κ3) is 68.0. The predicted molar refractivity (Wildman–Crippen MR) is 373 cm³/mol. The van der Waals surface area contributed by atoms with Crippen LogP contribution < -0.4 is 0 Å². The molecule has 0 spiro atoms. The van der Waals surface area contributed by atoms with E-state index < -0.39 is 24.3 Å². The predicted octanol–water partition coefficient (Wildman–Crippen LogP) is 21.5. The van der Waals surface area contributed by atoms with Crippen molar-refractivity contribution < 1.29 is 42.9 Å². The van der Waals surface area contributed by atoms with Crippen LogP contribution in [0.1, 0.15) is 245 Å². The van der Waals surface area contributed by atoms with Gasteiger partial charge in [-0.15, -0.1) is 0 Å². The quantitative estimate of drug-likeness (QED) is 0.0211. The van der Waals surface area contributed by atoms with E-state index in [1.54, 1.807) is 0 Å². The Morgan fingerprint density at radius 2 is 0.621 bits per heavy atom. The number of quaternary nitrogens is 1. The van der Waals surface area contributed by atoms with E-state index in [1.165, 1.54) is 83.5 Å². The second kappa shape index (κ2) is 66.6. The van der Waals surface area contributed by atoms with Crippen LogP contribution >= 0.6 is 0 Å². The van der Waals surface area contributed by atoms with Crippen LogP contribution in [0, 0.1) is 0 Å². The second-order valence-electron chi connectivity index (χ2n) is 23.4. The number of likely N-dealkylation sites (N-methyl/N-ethyl adjacent to an activating group) is 1. The first kappa shape index (κ1) is 81.7. The van der Waals surface area contributed by atoms with Crippen LogP contribution in [0.4, 0.5) is 0 Å². The molecule has 0 aromatic rings. The Balaban J connectivity index is 4.25. The highest BCUT2D eigenvalue weighted by atomic mass is 16.7. The maximum Gasteiger partial charge on any atom is 0.361 e. The lowest BCUT2D eigenvalue weighted by Crippen LogP contribution is -2.40. The molecular formula is C78H126NO8+. The number of hydrogen-bond acceptors (Lipinski definition) is 7. The molecule has 0 aliphatic rings. The summed E-state index contributed by atoms with van der Waals surface area (Å²) < 4.78 is 22.9. The molecule has 0 rings (SSSR count). The largest absolute Gasteiger partial charge is 0.477 e. The van der Waals surface area contributed by atoms with Crippen molar-refractivity contribution in [3.63, 3.8) is 0 Å². The van der Waals surface area contributed by atoms with Gasteiger partial charge in [-0.2, -0.15) is 0 Å².